The van der Waals surface area contributed by atoms with E-state index >= 15 is 0 Å². The summed E-state index contributed by atoms with van der Waals surface area (Å²) in [5.74, 6) is 1.64. The summed E-state index contributed by atoms with van der Waals surface area (Å²) in [6.45, 7) is 7.59. The highest BCUT2D eigenvalue weighted by molar-refractivity contribution is 5.64. The molecule has 2 aromatic rings. The first-order valence-corrected chi connectivity index (χ1v) is 7.37. The lowest BCUT2D eigenvalue weighted by Gasteiger charge is -2.26. The summed E-state index contributed by atoms with van der Waals surface area (Å²) < 4.78 is 1.93. The molecule has 1 fully saturated rings. The van der Waals surface area contributed by atoms with Crippen molar-refractivity contribution in [2.24, 2.45) is 5.92 Å². The average Bonchev–Trinajstić information content (AvgIpc) is 3.05. The zero-order chi connectivity index (χ0) is 13.9. The number of rotatable bonds is 5. The summed E-state index contributed by atoms with van der Waals surface area (Å²) in [6, 6.07) is 0.504. The van der Waals surface area contributed by atoms with Crippen LogP contribution in [-0.4, -0.2) is 45.3 Å². The number of hydrogen-bond acceptors (Lipinski definition) is 5. The molecule has 2 aromatic heterocycles. The Bertz CT molecular complexity index is 564. The molecule has 0 radical (unpaired) electrons. The molecule has 108 valence electrons. The zero-order valence-electron chi connectivity index (χ0n) is 12.2. The lowest BCUT2D eigenvalue weighted by atomic mass is 10.2. The fourth-order valence-electron chi connectivity index (χ4n) is 2.81. The smallest absolute Gasteiger partial charge is 0.203 e. The molecule has 1 aliphatic heterocycles. The van der Waals surface area contributed by atoms with Gasteiger partial charge in [0, 0.05) is 31.5 Å². The van der Waals surface area contributed by atoms with Crippen LogP contribution in [0.5, 0.6) is 0 Å². The van der Waals surface area contributed by atoms with Crippen LogP contribution < -0.4 is 10.2 Å². The number of aromatic nitrogens is 4. The van der Waals surface area contributed by atoms with Gasteiger partial charge < -0.3 is 10.2 Å². The number of nitrogens with one attached hydrogen (secondary N) is 1. The van der Waals surface area contributed by atoms with Gasteiger partial charge in [-0.2, -0.15) is 0 Å². The molecule has 0 spiro atoms. The molecule has 6 heteroatoms. The molecule has 20 heavy (non-hydrogen) atoms. The van der Waals surface area contributed by atoms with Gasteiger partial charge in [0.05, 0.1) is 0 Å². The van der Waals surface area contributed by atoms with Gasteiger partial charge in [0.2, 0.25) is 5.65 Å². The predicted octanol–water partition coefficient (Wildman–Crippen LogP) is 1.34. The third-order valence-corrected chi connectivity index (χ3v) is 3.78. The molecule has 0 amide bonds. The van der Waals surface area contributed by atoms with Crippen LogP contribution in [0, 0.1) is 5.92 Å². The topological polar surface area (TPSA) is 58.4 Å². The highest BCUT2D eigenvalue weighted by atomic mass is 15.3. The third-order valence-electron chi connectivity index (χ3n) is 3.78. The molecule has 0 aromatic carbocycles. The van der Waals surface area contributed by atoms with Gasteiger partial charge in [-0.05, 0) is 25.3 Å². The summed E-state index contributed by atoms with van der Waals surface area (Å²) in [5.41, 5.74) is 0.850. The molecule has 6 nitrogen and oxygen atoms in total. The second kappa shape index (κ2) is 5.75. The van der Waals surface area contributed by atoms with E-state index in [0.29, 0.717) is 12.0 Å². The van der Waals surface area contributed by atoms with Crippen molar-refractivity contribution in [3.8, 4) is 0 Å². The Hall–Kier alpha value is -1.69. The van der Waals surface area contributed by atoms with Crippen molar-refractivity contribution in [3.63, 3.8) is 0 Å². The second-order valence-electron chi connectivity index (χ2n) is 5.85. The summed E-state index contributed by atoms with van der Waals surface area (Å²) in [4.78, 5) is 6.90. The minimum Gasteiger partial charge on any atom is -0.349 e. The van der Waals surface area contributed by atoms with Crippen LogP contribution in [0.2, 0.25) is 0 Å². The van der Waals surface area contributed by atoms with Gasteiger partial charge in [0.25, 0.3) is 0 Å². The SMILES string of the molecule is CC(C)CNCC1CCCN1c1nccn2cnnc12. The van der Waals surface area contributed by atoms with Gasteiger partial charge in [-0.15, -0.1) is 10.2 Å². The number of hydrogen-bond donors (Lipinski definition) is 1. The number of nitrogens with zero attached hydrogens (tertiary/aromatic N) is 5. The molecule has 1 atom stereocenters. The average molecular weight is 274 g/mol. The van der Waals surface area contributed by atoms with Crippen LogP contribution in [0.25, 0.3) is 5.65 Å². The molecule has 1 saturated heterocycles. The van der Waals surface area contributed by atoms with E-state index in [0.717, 1.165) is 31.1 Å². The van der Waals surface area contributed by atoms with E-state index in [1.807, 2.05) is 16.8 Å². The Kier molecular flexibility index (Phi) is 3.82. The molecule has 3 heterocycles. The molecule has 3 rings (SSSR count). The lowest BCUT2D eigenvalue weighted by Crippen LogP contribution is -2.39. The summed E-state index contributed by atoms with van der Waals surface area (Å²) >= 11 is 0. The van der Waals surface area contributed by atoms with E-state index in [2.05, 4.69) is 39.2 Å². The Morgan fingerprint density at radius 1 is 1.45 bits per heavy atom. The Labute approximate surface area is 119 Å². The number of anilines is 1. The molecule has 1 unspecified atom stereocenters. The van der Waals surface area contributed by atoms with Gasteiger partial charge in [0.15, 0.2) is 5.82 Å². The van der Waals surface area contributed by atoms with Crippen molar-refractivity contribution in [3.05, 3.63) is 18.7 Å². The summed E-state index contributed by atoms with van der Waals surface area (Å²) in [6.07, 6.45) is 7.86. The highest BCUT2D eigenvalue weighted by Gasteiger charge is 2.27. The van der Waals surface area contributed by atoms with Crippen LogP contribution in [-0.2, 0) is 0 Å². The maximum atomic E-state index is 4.53. The molecule has 0 bridgehead atoms. The van der Waals surface area contributed by atoms with Gasteiger partial charge in [-0.1, -0.05) is 13.8 Å². The quantitative estimate of drug-likeness (QED) is 0.891. The fourth-order valence-corrected chi connectivity index (χ4v) is 2.81. The van der Waals surface area contributed by atoms with E-state index in [1.54, 1.807) is 6.33 Å². The van der Waals surface area contributed by atoms with E-state index in [1.165, 1.54) is 12.8 Å². The predicted molar refractivity (Wildman–Crippen MR) is 78.9 cm³/mol. The normalized spacial score (nSPS) is 19.4. The van der Waals surface area contributed by atoms with Gasteiger partial charge in [-0.25, -0.2) is 4.98 Å². The first kappa shape index (κ1) is 13.3. The summed E-state index contributed by atoms with van der Waals surface area (Å²) in [7, 11) is 0. The van der Waals surface area contributed by atoms with E-state index in [9.17, 15) is 0 Å². The molecule has 0 aliphatic carbocycles. The largest absolute Gasteiger partial charge is 0.349 e. The minimum atomic E-state index is 0.504. The highest BCUT2D eigenvalue weighted by Crippen LogP contribution is 2.25. The van der Waals surface area contributed by atoms with E-state index in [-0.39, 0.29) is 0 Å². The van der Waals surface area contributed by atoms with Crippen molar-refractivity contribution >= 4 is 11.5 Å². The van der Waals surface area contributed by atoms with Crippen molar-refractivity contribution in [1.82, 2.24) is 24.9 Å². The van der Waals surface area contributed by atoms with Crippen LogP contribution in [0.3, 0.4) is 0 Å². The van der Waals surface area contributed by atoms with Crippen molar-refractivity contribution in [2.45, 2.75) is 32.7 Å². The molecule has 1 aliphatic rings. The minimum absolute atomic E-state index is 0.504. The lowest BCUT2D eigenvalue weighted by molar-refractivity contribution is 0.511. The molecular weight excluding hydrogens is 252 g/mol. The van der Waals surface area contributed by atoms with Crippen LogP contribution >= 0.6 is 0 Å². The Morgan fingerprint density at radius 3 is 3.20 bits per heavy atom. The molecule has 0 saturated carbocycles. The zero-order valence-corrected chi connectivity index (χ0v) is 12.2. The second-order valence-corrected chi connectivity index (χ2v) is 5.85. The molecule has 1 N–H and O–H groups in total. The monoisotopic (exact) mass is 274 g/mol. The first-order valence-electron chi connectivity index (χ1n) is 7.37. The van der Waals surface area contributed by atoms with Gasteiger partial charge >= 0.3 is 0 Å². The maximum absolute atomic E-state index is 4.53. The molecular formula is C14H22N6. The van der Waals surface area contributed by atoms with E-state index in [4.69, 9.17) is 0 Å². The van der Waals surface area contributed by atoms with Gasteiger partial charge in [0.1, 0.15) is 6.33 Å². The number of fused-ring (bicyclic) bond motifs is 1. The first-order chi connectivity index (χ1) is 9.75. The van der Waals surface area contributed by atoms with Crippen LogP contribution in [0.1, 0.15) is 26.7 Å². The van der Waals surface area contributed by atoms with Crippen LogP contribution in [0.4, 0.5) is 5.82 Å². The maximum Gasteiger partial charge on any atom is 0.203 e. The Balaban J connectivity index is 1.76. The third kappa shape index (κ3) is 2.60. The summed E-state index contributed by atoms with van der Waals surface area (Å²) in [5, 5.41) is 11.7. The Morgan fingerprint density at radius 2 is 2.35 bits per heavy atom. The standard InChI is InChI=1S/C14H22N6/c1-11(2)8-15-9-12-4-3-6-20(12)13-14-18-17-10-19(14)7-5-16-13/h5,7,10-12,15H,3-4,6,8-9H2,1-2H3. The van der Waals surface area contributed by atoms with Gasteiger partial charge in [-0.3, -0.25) is 4.40 Å². The van der Waals surface area contributed by atoms with Crippen molar-refractivity contribution in [2.75, 3.05) is 24.5 Å². The van der Waals surface area contributed by atoms with E-state index < -0.39 is 0 Å². The van der Waals surface area contributed by atoms with Crippen molar-refractivity contribution < 1.29 is 0 Å². The van der Waals surface area contributed by atoms with Crippen molar-refractivity contribution in [1.29, 1.82) is 0 Å². The fraction of sp³-hybridized carbons (Fsp3) is 0.643. The van der Waals surface area contributed by atoms with Crippen LogP contribution in [0.15, 0.2) is 18.7 Å².